The van der Waals surface area contributed by atoms with Gasteiger partial charge >= 0.3 is 5.97 Å². The number of carboxylic acid groups (broad SMARTS) is 1. The maximum Gasteiger partial charge on any atom is 0.320 e. The van der Waals surface area contributed by atoms with E-state index in [0.717, 1.165) is 0 Å². The van der Waals surface area contributed by atoms with Gasteiger partial charge in [-0.3, -0.25) is 4.79 Å². The molecule has 0 aliphatic carbocycles. The van der Waals surface area contributed by atoms with Gasteiger partial charge in [-0.05, 0) is 0 Å². The van der Waals surface area contributed by atoms with Gasteiger partial charge in [0.1, 0.15) is 11.9 Å². The second kappa shape index (κ2) is 3.36. The number of aromatic nitrogens is 2. The summed E-state index contributed by atoms with van der Waals surface area (Å²) < 4.78 is 1.75. The summed E-state index contributed by atoms with van der Waals surface area (Å²) in [5, 5.41) is 8.51. The van der Waals surface area contributed by atoms with Crippen LogP contribution in [0, 0.1) is 0 Å². The number of imidazole rings is 1. The summed E-state index contributed by atoms with van der Waals surface area (Å²) in [6, 6.07) is -0.869. The number of carboxylic acids is 1. The highest BCUT2D eigenvalue weighted by Gasteiger charge is 2.13. The van der Waals surface area contributed by atoms with E-state index in [4.69, 9.17) is 10.8 Å². The fraction of sp³-hybridized carbons (Fsp3) is 0.429. The molecule has 3 N–H and O–H groups in total. The molecule has 0 amide bonds. The van der Waals surface area contributed by atoms with Gasteiger partial charge in [0.2, 0.25) is 0 Å². The van der Waals surface area contributed by atoms with Crippen molar-refractivity contribution in [2.24, 2.45) is 12.8 Å². The van der Waals surface area contributed by atoms with Gasteiger partial charge in [0.15, 0.2) is 0 Å². The summed E-state index contributed by atoms with van der Waals surface area (Å²) in [5.41, 5.74) is 5.32. The first kappa shape index (κ1) is 8.73. The molecule has 0 aliphatic rings. The largest absolute Gasteiger partial charge is 0.480 e. The highest BCUT2D eigenvalue weighted by atomic mass is 16.4. The molecule has 66 valence electrons. The molecule has 0 radical (unpaired) electrons. The number of carbonyl (C=O) groups is 1. The average molecular weight is 169 g/mol. The van der Waals surface area contributed by atoms with Gasteiger partial charge in [-0.15, -0.1) is 0 Å². The van der Waals surface area contributed by atoms with Gasteiger partial charge in [0, 0.05) is 25.9 Å². The third-order valence-corrected chi connectivity index (χ3v) is 1.64. The predicted molar refractivity (Wildman–Crippen MR) is 42.5 cm³/mol. The number of nitrogens with zero attached hydrogens (tertiary/aromatic N) is 2. The lowest BCUT2D eigenvalue weighted by atomic mass is 10.2. The van der Waals surface area contributed by atoms with Crippen LogP contribution in [0.4, 0.5) is 0 Å². The van der Waals surface area contributed by atoms with Crippen molar-refractivity contribution in [3.63, 3.8) is 0 Å². The Bertz CT molecular complexity index is 282. The quantitative estimate of drug-likeness (QED) is 0.631. The summed E-state index contributed by atoms with van der Waals surface area (Å²) in [6.07, 6.45) is 3.63. The SMILES string of the molecule is Cn1ccnc1CC(N)C(=O)O. The zero-order valence-corrected chi connectivity index (χ0v) is 6.77. The molecule has 0 saturated carbocycles. The maximum absolute atomic E-state index is 10.4. The molecule has 0 fully saturated rings. The van der Waals surface area contributed by atoms with Crippen LogP contribution in [0.2, 0.25) is 0 Å². The summed E-state index contributed by atoms with van der Waals surface area (Å²) in [4.78, 5) is 14.3. The Morgan fingerprint density at radius 2 is 2.58 bits per heavy atom. The number of hydrogen-bond donors (Lipinski definition) is 2. The average Bonchev–Trinajstić information content (AvgIpc) is 2.36. The van der Waals surface area contributed by atoms with Crippen molar-refractivity contribution in [2.45, 2.75) is 12.5 Å². The van der Waals surface area contributed by atoms with E-state index in [1.54, 1.807) is 24.0 Å². The van der Waals surface area contributed by atoms with Crippen molar-refractivity contribution >= 4 is 5.97 Å². The Balaban J connectivity index is 2.64. The smallest absolute Gasteiger partial charge is 0.320 e. The Labute approximate surface area is 69.8 Å². The minimum atomic E-state index is -1.00. The fourth-order valence-electron chi connectivity index (χ4n) is 0.877. The van der Waals surface area contributed by atoms with E-state index in [9.17, 15) is 4.79 Å². The molecule has 12 heavy (non-hydrogen) atoms. The van der Waals surface area contributed by atoms with Crippen LogP contribution in [-0.2, 0) is 18.3 Å². The van der Waals surface area contributed by atoms with Crippen molar-refractivity contribution in [3.05, 3.63) is 18.2 Å². The first-order chi connectivity index (χ1) is 5.61. The molecular formula is C7H11N3O2. The molecule has 0 aliphatic heterocycles. The molecule has 1 atom stereocenters. The predicted octanol–water partition coefficient (Wildman–Crippen LogP) is -0.625. The molecule has 5 heteroatoms. The maximum atomic E-state index is 10.4. The lowest BCUT2D eigenvalue weighted by Crippen LogP contribution is -2.33. The summed E-state index contributed by atoms with van der Waals surface area (Å²) >= 11 is 0. The van der Waals surface area contributed by atoms with Crippen LogP contribution < -0.4 is 5.73 Å². The van der Waals surface area contributed by atoms with Crippen LogP contribution in [0.25, 0.3) is 0 Å². The number of aliphatic carboxylic acids is 1. The molecule has 0 spiro atoms. The number of aryl methyl sites for hydroxylation is 1. The van der Waals surface area contributed by atoms with Crippen molar-refractivity contribution < 1.29 is 9.90 Å². The molecule has 1 aromatic rings. The minimum absolute atomic E-state index is 0.263. The lowest BCUT2D eigenvalue weighted by molar-refractivity contribution is -0.138. The Hall–Kier alpha value is -1.36. The molecule has 0 aromatic carbocycles. The normalized spacial score (nSPS) is 12.8. The van der Waals surface area contributed by atoms with Crippen LogP contribution >= 0.6 is 0 Å². The van der Waals surface area contributed by atoms with Crippen molar-refractivity contribution in [2.75, 3.05) is 0 Å². The first-order valence-corrected chi connectivity index (χ1v) is 3.56. The monoisotopic (exact) mass is 169 g/mol. The van der Waals surface area contributed by atoms with Crippen LogP contribution in [0.15, 0.2) is 12.4 Å². The molecule has 5 nitrogen and oxygen atoms in total. The van der Waals surface area contributed by atoms with Crippen LogP contribution in [-0.4, -0.2) is 26.7 Å². The summed E-state index contributed by atoms with van der Waals surface area (Å²) in [7, 11) is 1.80. The van der Waals surface area contributed by atoms with Crippen molar-refractivity contribution in [3.8, 4) is 0 Å². The van der Waals surface area contributed by atoms with Gasteiger partial charge in [-0.1, -0.05) is 0 Å². The van der Waals surface area contributed by atoms with Gasteiger partial charge in [0.25, 0.3) is 0 Å². The van der Waals surface area contributed by atoms with E-state index < -0.39 is 12.0 Å². The number of rotatable bonds is 3. The molecule has 0 bridgehead atoms. The van der Waals surface area contributed by atoms with Gasteiger partial charge in [-0.2, -0.15) is 0 Å². The van der Waals surface area contributed by atoms with E-state index in [2.05, 4.69) is 4.98 Å². The zero-order valence-electron chi connectivity index (χ0n) is 6.77. The van der Waals surface area contributed by atoms with Crippen molar-refractivity contribution in [1.82, 2.24) is 9.55 Å². The molecular weight excluding hydrogens is 158 g/mol. The minimum Gasteiger partial charge on any atom is -0.480 e. The van der Waals surface area contributed by atoms with Crippen LogP contribution in [0.5, 0.6) is 0 Å². The molecule has 1 unspecified atom stereocenters. The standard InChI is InChI=1S/C7H11N3O2/c1-10-3-2-9-6(10)4-5(8)7(11)12/h2-3,5H,4,8H2,1H3,(H,11,12). The lowest BCUT2D eigenvalue weighted by Gasteiger charge is -2.05. The van der Waals surface area contributed by atoms with E-state index in [0.29, 0.717) is 5.82 Å². The third kappa shape index (κ3) is 1.82. The zero-order chi connectivity index (χ0) is 9.14. The van der Waals surface area contributed by atoms with Crippen molar-refractivity contribution in [1.29, 1.82) is 0 Å². The molecule has 1 aromatic heterocycles. The van der Waals surface area contributed by atoms with Gasteiger partial charge < -0.3 is 15.4 Å². The third-order valence-electron chi connectivity index (χ3n) is 1.64. The van der Waals surface area contributed by atoms with Crippen LogP contribution in [0.1, 0.15) is 5.82 Å². The van der Waals surface area contributed by atoms with Gasteiger partial charge in [0.05, 0.1) is 0 Å². The molecule has 0 saturated heterocycles. The topological polar surface area (TPSA) is 81.1 Å². The Kier molecular flexibility index (Phi) is 2.44. The van der Waals surface area contributed by atoms with Crippen LogP contribution in [0.3, 0.4) is 0 Å². The fourth-order valence-corrected chi connectivity index (χ4v) is 0.877. The molecule has 1 heterocycles. The van der Waals surface area contributed by atoms with E-state index >= 15 is 0 Å². The second-order valence-electron chi connectivity index (χ2n) is 2.60. The second-order valence-corrected chi connectivity index (χ2v) is 2.60. The highest BCUT2D eigenvalue weighted by Crippen LogP contribution is 1.97. The molecule has 1 rings (SSSR count). The Morgan fingerprint density at radius 1 is 1.92 bits per heavy atom. The van der Waals surface area contributed by atoms with E-state index in [1.165, 1.54) is 0 Å². The first-order valence-electron chi connectivity index (χ1n) is 3.56. The van der Waals surface area contributed by atoms with E-state index in [1.807, 2.05) is 0 Å². The highest BCUT2D eigenvalue weighted by molar-refractivity contribution is 5.73. The summed E-state index contributed by atoms with van der Waals surface area (Å²) in [5.74, 6) is -0.317. The summed E-state index contributed by atoms with van der Waals surface area (Å²) in [6.45, 7) is 0. The van der Waals surface area contributed by atoms with E-state index in [-0.39, 0.29) is 6.42 Å². The van der Waals surface area contributed by atoms with Gasteiger partial charge in [-0.25, -0.2) is 4.98 Å². The Morgan fingerprint density at radius 3 is 3.00 bits per heavy atom. The number of hydrogen-bond acceptors (Lipinski definition) is 3. The number of nitrogens with two attached hydrogens (primary N) is 1.